The van der Waals surface area contributed by atoms with E-state index < -0.39 is 5.97 Å². The Balaban J connectivity index is 1.66. The molecule has 9 heteroatoms. The van der Waals surface area contributed by atoms with Gasteiger partial charge in [0, 0.05) is 18.7 Å². The van der Waals surface area contributed by atoms with E-state index >= 15 is 0 Å². The van der Waals surface area contributed by atoms with E-state index in [2.05, 4.69) is 11.9 Å². The van der Waals surface area contributed by atoms with Crippen molar-refractivity contribution in [3.63, 3.8) is 0 Å². The maximum atomic E-state index is 13.6. The van der Waals surface area contributed by atoms with Crippen molar-refractivity contribution in [1.82, 2.24) is 14.0 Å². The van der Waals surface area contributed by atoms with Crippen molar-refractivity contribution in [3.8, 4) is 0 Å². The second kappa shape index (κ2) is 12.2. The summed E-state index contributed by atoms with van der Waals surface area (Å²) in [5.41, 5.74) is 0.849. The van der Waals surface area contributed by atoms with Gasteiger partial charge in [-0.1, -0.05) is 32.3 Å². The van der Waals surface area contributed by atoms with Crippen LogP contribution in [0.3, 0.4) is 0 Å². The van der Waals surface area contributed by atoms with Gasteiger partial charge in [0.1, 0.15) is 16.9 Å². The molecule has 0 spiro atoms. The van der Waals surface area contributed by atoms with Gasteiger partial charge in [-0.05, 0) is 69.6 Å². The summed E-state index contributed by atoms with van der Waals surface area (Å²) in [6.45, 7) is 5.06. The first-order chi connectivity index (χ1) is 19.0. The molecule has 1 saturated carbocycles. The van der Waals surface area contributed by atoms with E-state index in [0.717, 1.165) is 38.5 Å². The molecule has 2 aliphatic rings. The number of nitrogens with zero attached hydrogens (tertiary/aromatic N) is 4. The van der Waals surface area contributed by atoms with E-state index in [4.69, 9.17) is 14.5 Å². The van der Waals surface area contributed by atoms with Crippen molar-refractivity contribution in [2.45, 2.75) is 84.3 Å². The molecular weight excluding hydrogens is 496 g/mol. The zero-order valence-corrected chi connectivity index (χ0v) is 22.9. The number of hydrogen-bond donors (Lipinski definition) is 0. The van der Waals surface area contributed by atoms with E-state index in [1.807, 2.05) is 6.07 Å². The molecule has 0 radical (unpaired) electrons. The number of aromatic nitrogens is 3. The zero-order chi connectivity index (χ0) is 27.4. The number of carbonyl (C=O) groups excluding carboxylic acids is 2. The smallest absolute Gasteiger partial charge is 0.341 e. The molecule has 0 unspecified atom stereocenters. The van der Waals surface area contributed by atoms with Crippen LogP contribution >= 0.6 is 0 Å². The molecule has 1 amide bonds. The lowest BCUT2D eigenvalue weighted by molar-refractivity contribution is -0.123. The van der Waals surface area contributed by atoms with Crippen molar-refractivity contribution in [2.24, 2.45) is 16.8 Å². The highest BCUT2D eigenvalue weighted by atomic mass is 16.5. The Morgan fingerprint density at radius 2 is 1.97 bits per heavy atom. The maximum absolute atomic E-state index is 13.6. The minimum atomic E-state index is -0.618. The Hall–Kier alpha value is -3.33. The van der Waals surface area contributed by atoms with Crippen LogP contribution in [0.25, 0.3) is 16.7 Å². The van der Waals surface area contributed by atoms with Gasteiger partial charge in [0.25, 0.3) is 11.5 Å². The van der Waals surface area contributed by atoms with Crippen LogP contribution in [-0.4, -0.2) is 45.1 Å². The van der Waals surface area contributed by atoms with Crippen LogP contribution in [0.15, 0.2) is 40.2 Å². The number of carbonyl (C=O) groups is 2. The molecule has 5 rings (SSSR count). The third-order valence-electron chi connectivity index (χ3n) is 8.07. The number of pyridine rings is 2. The van der Waals surface area contributed by atoms with Gasteiger partial charge < -0.3 is 14.0 Å². The molecule has 1 saturated heterocycles. The van der Waals surface area contributed by atoms with Gasteiger partial charge in [0.2, 0.25) is 0 Å². The molecule has 1 aliphatic carbocycles. The molecule has 4 heterocycles. The summed E-state index contributed by atoms with van der Waals surface area (Å²) in [4.78, 5) is 49.7. The minimum absolute atomic E-state index is 0.0992. The van der Waals surface area contributed by atoms with Crippen molar-refractivity contribution >= 4 is 28.6 Å². The molecule has 39 heavy (non-hydrogen) atoms. The van der Waals surface area contributed by atoms with E-state index in [0.29, 0.717) is 30.4 Å². The molecule has 208 valence electrons. The van der Waals surface area contributed by atoms with Gasteiger partial charge in [-0.2, -0.15) is 4.99 Å². The molecule has 2 fully saturated rings. The van der Waals surface area contributed by atoms with Crippen molar-refractivity contribution in [3.05, 3.63) is 51.9 Å². The summed E-state index contributed by atoms with van der Waals surface area (Å²) in [6, 6.07) is 6.82. The van der Waals surface area contributed by atoms with E-state index in [9.17, 15) is 14.4 Å². The van der Waals surface area contributed by atoms with Crippen LogP contribution in [0, 0.1) is 11.8 Å². The highest BCUT2D eigenvalue weighted by Crippen LogP contribution is 2.32. The van der Waals surface area contributed by atoms with Gasteiger partial charge in [0.05, 0.1) is 24.6 Å². The lowest BCUT2D eigenvalue weighted by Crippen LogP contribution is -2.36. The number of fused-ring (bicyclic) bond motifs is 2. The highest BCUT2D eigenvalue weighted by molar-refractivity contribution is 5.94. The average molecular weight is 535 g/mol. The third kappa shape index (κ3) is 5.83. The summed E-state index contributed by atoms with van der Waals surface area (Å²) in [7, 11) is 0. The SMILES string of the molecule is CCCCC1CCC(C(=O)N=c2c(C(=O)OCC)cc3c(=O)n4ccccc4nc3n2C[C@H]2CCCO2)CC1. The fourth-order valence-corrected chi connectivity index (χ4v) is 5.91. The van der Waals surface area contributed by atoms with E-state index in [-0.39, 0.29) is 46.5 Å². The summed E-state index contributed by atoms with van der Waals surface area (Å²) < 4.78 is 14.5. The predicted octanol–water partition coefficient (Wildman–Crippen LogP) is 4.43. The second-order valence-electron chi connectivity index (χ2n) is 10.7. The van der Waals surface area contributed by atoms with Gasteiger partial charge in [-0.25, -0.2) is 9.78 Å². The van der Waals surface area contributed by atoms with Crippen molar-refractivity contribution in [2.75, 3.05) is 13.2 Å². The van der Waals surface area contributed by atoms with Crippen LogP contribution in [0.5, 0.6) is 0 Å². The zero-order valence-electron chi connectivity index (χ0n) is 22.9. The molecule has 3 aromatic heterocycles. The fraction of sp³-hybridized carbons (Fsp3) is 0.567. The summed E-state index contributed by atoms with van der Waals surface area (Å²) in [5.74, 6) is -0.361. The number of hydrogen-bond acceptors (Lipinski definition) is 6. The molecule has 1 aliphatic heterocycles. The van der Waals surface area contributed by atoms with Gasteiger partial charge in [-0.3, -0.25) is 14.0 Å². The Labute approximate surface area is 227 Å². The average Bonchev–Trinajstić information content (AvgIpc) is 3.47. The number of esters is 1. The standard InChI is InChI=1S/C30H38N4O5/c1-3-5-9-20-12-14-21(15-13-20)28(35)32-27-24(30(37)38-4-2)18-23-26(34(27)19-22-10-8-17-39-22)31-25-11-6-7-16-33(25)29(23)36/h6-7,11,16,18,20-22H,3-5,8-10,12-15,17,19H2,1-2H3/t20?,21?,22-/m1/s1. The fourth-order valence-electron chi connectivity index (χ4n) is 5.91. The Morgan fingerprint density at radius 1 is 1.15 bits per heavy atom. The lowest BCUT2D eigenvalue weighted by atomic mass is 9.79. The first-order valence-electron chi connectivity index (χ1n) is 14.4. The highest BCUT2D eigenvalue weighted by Gasteiger charge is 2.28. The molecule has 0 bridgehead atoms. The normalized spacial score (nSPS) is 22.0. The minimum Gasteiger partial charge on any atom is -0.462 e. The summed E-state index contributed by atoms with van der Waals surface area (Å²) in [5, 5.41) is 0.266. The molecule has 9 nitrogen and oxygen atoms in total. The van der Waals surface area contributed by atoms with Crippen molar-refractivity contribution < 1.29 is 19.1 Å². The molecule has 1 atom stereocenters. The van der Waals surface area contributed by atoms with Crippen LogP contribution in [-0.2, 0) is 20.8 Å². The van der Waals surface area contributed by atoms with Gasteiger partial charge in [0.15, 0.2) is 5.49 Å². The predicted molar refractivity (Wildman–Crippen MR) is 147 cm³/mol. The van der Waals surface area contributed by atoms with Gasteiger partial charge in [-0.15, -0.1) is 0 Å². The lowest BCUT2D eigenvalue weighted by Gasteiger charge is -2.26. The van der Waals surface area contributed by atoms with E-state index in [1.165, 1.54) is 29.7 Å². The topological polar surface area (TPSA) is 104 Å². The van der Waals surface area contributed by atoms with Gasteiger partial charge >= 0.3 is 5.97 Å². The first kappa shape index (κ1) is 27.2. The van der Waals surface area contributed by atoms with Crippen LogP contribution in [0.4, 0.5) is 0 Å². The number of unbranched alkanes of at least 4 members (excludes halogenated alkanes) is 1. The largest absolute Gasteiger partial charge is 0.462 e. The third-order valence-corrected chi connectivity index (χ3v) is 8.07. The number of rotatable bonds is 8. The molecular formula is C30H38N4O5. The Bertz CT molecular complexity index is 1480. The summed E-state index contributed by atoms with van der Waals surface area (Å²) in [6.07, 6.45) is 10.5. The molecule has 0 aromatic carbocycles. The first-order valence-corrected chi connectivity index (χ1v) is 14.4. The summed E-state index contributed by atoms with van der Waals surface area (Å²) >= 11 is 0. The Kier molecular flexibility index (Phi) is 8.55. The number of amides is 1. The number of ether oxygens (including phenoxy) is 2. The van der Waals surface area contributed by atoms with E-state index in [1.54, 1.807) is 29.8 Å². The second-order valence-corrected chi connectivity index (χ2v) is 10.7. The quantitative estimate of drug-likeness (QED) is 0.313. The van der Waals surface area contributed by atoms with Crippen LogP contribution in [0.1, 0.15) is 82.0 Å². The molecule has 0 N–H and O–H groups in total. The van der Waals surface area contributed by atoms with Crippen molar-refractivity contribution in [1.29, 1.82) is 0 Å². The van der Waals surface area contributed by atoms with Crippen LogP contribution < -0.4 is 11.0 Å². The van der Waals surface area contributed by atoms with Crippen LogP contribution in [0.2, 0.25) is 0 Å². The Morgan fingerprint density at radius 3 is 2.69 bits per heavy atom. The monoisotopic (exact) mass is 534 g/mol. The maximum Gasteiger partial charge on any atom is 0.341 e. The molecule has 3 aromatic rings.